The standard InChI is InChI=1S/C29H25N3O3S/c1-32(28(34)24-10-9-23-16-25(30)12-11-22(23)15-24)17-19-3-2-4-21(13-19)20-7-5-18(6-8-20)14-26-27(33)31-29(35)36-26/h2-13,15-16,26H,14,17,30H2,1H3,(H,31,33,35). The molecule has 3 N–H and O–H groups in total. The topological polar surface area (TPSA) is 92.5 Å². The quantitative estimate of drug-likeness (QED) is 0.356. The number of imide groups is 1. The van der Waals surface area contributed by atoms with Gasteiger partial charge < -0.3 is 10.6 Å². The van der Waals surface area contributed by atoms with Crippen molar-refractivity contribution >= 4 is 45.3 Å². The van der Waals surface area contributed by atoms with Crippen LogP contribution in [-0.2, 0) is 17.8 Å². The Morgan fingerprint density at radius 1 is 0.889 bits per heavy atom. The van der Waals surface area contributed by atoms with Gasteiger partial charge in [0.2, 0.25) is 5.91 Å². The van der Waals surface area contributed by atoms with Crippen LogP contribution < -0.4 is 11.1 Å². The summed E-state index contributed by atoms with van der Waals surface area (Å²) in [5, 5.41) is 3.65. The molecule has 3 amide bonds. The van der Waals surface area contributed by atoms with Gasteiger partial charge in [-0.1, -0.05) is 66.4 Å². The first-order valence-electron chi connectivity index (χ1n) is 11.6. The van der Waals surface area contributed by atoms with Gasteiger partial charge in [-0.25, -0.2) is 0 Å². The van der Waals surface area contributed by atoms with Crippen molar-refractivity contribution in [2.75, 3.05) is 12.8 Å². The molecule has 7 heteroatoms. The number of rotatable bonds is 6. The molecule has 0 saturated carbocycles. The van der Waals surface area contributed by atoms with Gasteiger partial charge >= 0.3 is 0 Å². The van der Waals surface area contributed by atoms with Crippen LogP contribution in [0.3, 0.4) is 0 Å². The van der Waals surface area contributed by atoms with Crippen molar-refractivity contribution < 1.29 is 14.4 Å². The van der Waals surface area contributed by atoms with Crippen LogP contribution in [0.25, 0.3) is 21.9 Å². The van der Waals surface area contributed by atoms with E-state index in [1.807, 2.05) is 78.9 Å². The number of nitrogen functional groups attached to an aromatic ring is 1. The minimum atomic E-state index is -0.375. The fourth-order valence-corrected chi connectivity index (χ4v) is 5.25. The summed E-state index contributed by atoms with van der Waals surface area (Å²) in [7, 11) is 1.80. The highest BCUT2D eigenvalue weighted by Gasteiger charge is 2.31. The summed E-state index contributed by atoms with van der Waals surface area (Å²) >= 11 is 1.04. The minimum Gasteiger partial charge on any atom is -0.399 e. The molecule has 180 valence electrons. The van der Waals surface area contributed by atoms with Crippen molar-refractivity contribution in [1.82, 2.24) is 10.2 Å². The summed E-state index contributed by atoms with van der Waals surface area (Å²) in [5.74, 6) is -0.274. The molecule has 6 nitrogen and oxygen atoms in total. The maximum atomic E-state index is 13.1. The molecule has 1 fully saturated rings. The molecule has 1 heterocycles. The van der Waals surface area contributed by atoms with Crippen LogP contribution in [0, 0.1) is 0 Å². The Hall–Kier alpha value is -4.10. The summed E-state index contributed by atoms with van der Waals surface area (Å²) in [4.78, 5) is 38.0. The number of nitrogens with two attached hydrogens (primary N) is 1. The zero-order valence-corrected chi connectivity index (χ0v) is 20.5. The molecule has 36 heavy (non-hydrogen) atoms. The predicted molar refractivity (Wildman–Crippen MR) is 145 cm³/mol. The molecular formula is C29H25N3O3S. The molecule has 4 aromatic rings. The SMILES string of the molecule is CN(Cc1cccc(-c2ccc(CC3SC(=O)NC3=O)cc2)c1)C(=O)c1ccc2cc(N)ccc2c1. The Morgan fingerprint density at radius 2 is 1.64 bits per heavy atom. The Labute approximate surface area is 213 Å². The third kappa shape index (κ3) is 5.11. The van der Waals surface area contributed by atoms with Gasteiger partial charge in [-0.3, -0.25) is 19.7 Å². The summed E-state index contributed by atoms with van der Waals surface area (Å²) in [6.45, 7) is 0.479. The number of nitrogens with zero attached hydrogens (tertiary/aromatic N) is 1. The maximum Gasteiger partial charge on any atom is 0.286 e. The van der Waals surface area contributed by atoms with E-state index in [2.05, 4.69) is 11.4 Å². The molecule has 1 aliphatic heterocycles. The molecule has 1 aliphatic rings. The molecule has 0 spiro atoms. The van der Waals surface area contributed by atoms with Crippen molar-refractivity contribution in [3.63, 3.8) is 0 Å². The maximum absolute atomic E-state index is 13.1. The van der Waals surface area contributed by atoms with E-state index in [0.717, 1.165) is 44.8 Å². The Bertz CT molecular complexity index is 1480. The Morgan fingerprint density at radius 3 is 2.39 bits per heavy atom. The third-order valence-electron chi connectivity index (χ3n) is 6.28. The molecule has 1 saturated heterocycles. The van der Waals surface area contributed by atoms with Crippen LogP contribution in [0.15, 0.2) is 84.9 Å². The summed E-state index contributed by atoms with van der Waals surface area (Å²) in [5.41, 5.74) is 11.3. The van der Waals surface area contributed by atoms with Crippen molar-refractivity contribution in [3.8, 4) is 11.1 Å². The molecule has 0 aromatic heterocycles. The lowest BCUT2D eigenvalue weighted by Crippen LogP contribution is -2.26. The first-order valence-corrected chi connectivity index (χ1v) is 12.5. The summed E-state index contributed by atoms with van der Waals surface area (Å²) < 4.78 is 0. The number of hydrogen-bond donors (Lipinski definition) is 2. The fourth-order valence-electron chi connectivity index (χ4n) is 4.39. The van der Waals surface area contributed by atoms with Crippen LogP contribution in [-0.4, -0.2) is 34.3 Å². The van der Waals surface area contributed by atoms with Crippen molar-refractivity contribution in [3.05, 3.63) is 102 Å². The minimum absolute atomic E-state index is 0.0456. The molecule has 0 bridgehead atoms. The fraction of sp³-hybridized carbons (Fsp3) is 0.138. The number of fused-ring (bicyclic) bond motifs is 1. The number of carbonyl (C=O) groups excluding carboxylic acids is 3. The first-order chi connectivity index (χ1) is 17.4. The lowest BCUT2D eigenvalue weighted by atomic mass is 10.00. The van der Waals surface area contributed by atoms with Gasteiger partial charge in [0.15, 0.2) is 0 Å². The number of hydrogen-bond acceptors (Lipinski definition) is 5. The van der Waals surface area contributed by atoms with Gasteiger partial charge in [-0.15, -0.1) is 0 Å². The van der Waals surface area contributed by atoms with E-state index in [4.69, 9.17) is 5.73 Å². The van der Waals surface area contributed by atoms with Crippen LogP contribution >= 0.6 is 11.8 Å². The molecule has 5 rings (SSSR count). The number of benzene rings is 4. The number of thioether (sulfide) groups is 1. The van der Waals surface area contributed by atoms with Gasteiger partial charge in [0, 0.05) is 24.8 Å². The second kappa shape index (κ2) is 9.87. The molecule has 0 aliphatic carbocycles. The van der Waals surface area contributed by atoms with Gasteiger partial charge in [-0.05, 0) is 69.8 Å². The van der Waals surface area contributed by atoms with Crippen LogP contribution in [0.5, 0.6) is 0 Å². The van der Waals surface area contributed by atoms with E-state index in [1.165, 1.54) is 0 Å². The summed E-state index contributed by atoms with van der Waals surface area (Å²) in [6, 6.07) is 27.5. The highest BCUT2D eigenvalue weighted by molar-refractivity contribution is 8.15. The number of nitrogens with one attached hydrogen (secondary N) is 1. The molecule has 4 aromatic carbocycles. The largest absolute Gasteiger partial charge is 0.399 e. The normalized spacial score (nSPS) is 15.2. The number of amides is 3. The van der Waals surface area contributed by atoms with E-state index in [-0.39, 0.29) is 22.3 Å². The van der Waals surface area contributed by atoms with E-state index in [1.54, 1.807) is 11.9 Å². The van der Waals surface area contributed by atoms with E-state index in [0.29, 0.717) is 24.2 Å². The average molecular weight is 496 g/mol. The van der Waals surface area contributed by atoms with Gasteiger partial charge in [0.25, 0.3) is 11.1 Å². The van der Waals surface area contributed by atoms with E-state index < -0.39 is 0 Å². The number of carbonyl (C=O) groups is 3. The Kier molecular flexibility index (Phi) is 6.48. The van der Waals surface area contributed by atoms with Crippen molar-refractivity contribution in [2.24, 2.45) is 0 Å². The highest BCUT2D eigenvalue weighted by atomic mass is 32.2. The lowest BCUT2D eigenvalue weighted by Gasteiger charge is -2.18. The van der Waals surface area contributed by atoms with Crippen molar-refractivity contribution in [1.29, 1.82) is 0 Å². The zero-order chi connectivity index (χ0) is 25.2. The molecule has 0 radical (unpaired) electrons. The molecule has 1 atom stereocenters. The van der Waals surface area contributed by atoms with Crippen LogP contribution in [0.2, 0.25) is 0 Å². The molecule has 1 unspecified atom stereocenters. The van der Waals surface area contributed by atoms with Gasteiger partial charge in [0.1, 0.15) is 0 Å². The van der Waals surface area contributed by atoms with Crippen LogP contribution in [0.1, 0.15) is 21.5 Å². The summed E-state index contributed by atoms with van der Waals surface area (Å²) in [6.07, 6.45) is 0.512. The number of anilines is 1. The third-order valence-corrected chi connectivity index (χ3v) is 7.26. The van der Waals surface area contributed by atoms with Gasteiger partial charge in [-0.2, -0.15) is 0 Å². The van der Waals surface area contributed by atoms with Crippen LogP contribution in [0.4, 0.5) is 10.5 Å². The zero-order valence-electron chi connectivity index (χ0n) is 19.7. The lowest BCUT2D eigenvalue weighted by molar-refractivity contribution is -0.118. The Balaban J connectivity index is 1.27. The van der Waals surface area contributed by atoms with E-state index in [9.17, 15) is 14.4 Å². The monoisotopic (exact) mass is 495 g/mol. The van der Waals surface area contributed by atoms with Gasteiger partial charge in [0.05, 0.1) is 5.25 Å². The first kappa shape index (κ1) is 23.6. The second-order valence-corrected chi connectivity index (χ2v) is 10.1. The van der Waals surface area contributed by atoms with Crippen molar-refractivity contribution in [2.45, 2.75) is 18.2 Å². The molecular weight excluding hydrogens is 470 g/mol. The highest BCUT2D eigenvalue weighted by Crippen LogP contribution is 2.26. The van der Waals surface area contributed by atoms with E-state index >= 15 is 0 Å². The smallest absolute Gasteiger partial charge is 0.286 e. The predicted octanol–water partition coefficient (Wildman–Crippen LogP) is 5.26. The average Bonchev–Trinajstić information content (AvgIpc) is 3.20. The second-order valence-electron chi connectivity index (χ2n) is 8.97.